The molecule has 0 aliphatic rings. The smallest absolute Gasteiger partial charge is 0.262 e. The molecule has 0 atom stereocenters. The molecule has 21 heavy (non-hydrogen) atoms. The van der Waals surface area contributed by atoms with Crippen LogP contribution < -0.4 is 10.5 Å². The first-order chi connectivity index (χ1) is 9.70. The Balaban J connectivity index is 2.51. The Labute approximate surface area is 123 Å². The molecule has 0 saturated heterocycles. The molecule has 4 nitrogen and oxygen atoms in total. The lowest BCUT2D eigenvalue weighted by Gasteiger charge is -2.14. The quantitative estimate of drug-likeness (QED) is 0.856. The van der Waals surface area contributed by atoms with Gasteiger partial charge in [-0.2, -0.15) is 0 Å². The Bertz CT molecular complexity index is 778. The van der Waals surface area contributed by atoms with Crippen molar-refractivity contribution in [2.24, 2.45) is 0 Å². The molecule has 0 aromatic heterocycles. The molecule has 0 amide bonds. The number of rotatable bonds is 3. The third kappa shape index (κ3) is 3.16. The second kappa shape index (κ2) is 5.37. The Morgan fingerprint density at radius 3 is 2.19 bits per heavy atom. The van der Waals surface area contributed by atoms with Crippen LogP contribution in [0.3, 0.4) is 0 Å². The highest BCUT2D eigenvalue weighted by Crippen LogP contribution is 2.26. The minimum Gasteiger partial charge on any atom is -0.399 e. The van der Waals surface area contributed by atoms with Crippen LogP contribution in [-0.2, 0) is 10.0 Å². The summed E-state index contributed by atoms with van der Waals surface area (Å²) in [6.45, 7) is 5.32. The molecule has 0 spiro atoms. The monoisotopic (exact) mass is 308 g/mol. The summed E-state index contributed by atoms with van der Waals surface area (Å²) in [6.07, 6.45) is 0. The van der Waals surface area contributed by atoms with Gasteiger partial charge in [0, 0.05) is 5.69 Å². The second-order valence-electron chi connectivity index (χ2n) is 5.07. The van der Waals surface area contributed by atoms with Crippen molar-refractivity contribution in [1.82, 2.24) is 0 Å². The Morgan fingerprint density at radius 2 is 1.62 bits per heavy atom. The van der Waals surface area contributed by atoms with Crippen molar-refractivity contribution >= 4 is 21.4 Å². The minimum absolute atomic E-state index is 0.158. The van der Waals surface area contributed by atoms with Crippen molar-refractivity contribution in [2.45, 2.75) is 25.7 Å². The molecule has 2 aromatic carbocycles. The first-order valence-electron chi connectivity index (χ1n) is 6.36. The summed E-state index contributed by atoms with van der Waals surface area (Å²) in [7, 11) is -3.88. The second-order valence-corrected chi connectivity index (χ2v) is 6.69. The lowest BCUT2D eigenvalue weighted by Crippen LogP contribution is -2.17. The van der Waals surface area contributed by atoms with E-state index >= 15 is 0 Å². The summed E-state index contributed by atoms with van der Waals surface area (Å²) in [4.78, 5) is 0.162. The van der Waals surface area contributed by atoms with Gasteiger partial charge in [0.25, 0.3) is 10.0 Å². The van der Waals surface area contributed by atoms with Crippen LogP contribution in [0.15, 0.2) is 35.2 Å². The number of halogens is 1. The van der Waals surface area contributed by atoms with E-state index < -0.39 is 15.8 Å². The Hall–Kier alpha value is -2.08. The van der Waals surface area contributed by atoms with E-state index in [4.69, 9.17) is 5.73 Å². The third-order valence-electron chi connectivity index (χ3n) is 3.11. The first kappa shape index (κ1) is 15.3. The highest BCUT2D eigenvalue weighted by Gasteiger charge is 2.21. The van der Waals surface area contributed by atoms with Gasteiger partial charge in [-0.1, -0.05) is 17.7 Å². The topological polar surface area (TPSA) is 72.2 Å². The summed E-state index contributed by atoms with van der Waals surface area (Å²) < 4.78 is 41.0. The summed E-state index contributed by atoms with van der Waals surface area (Å²) >= 11 is 0. The highest BCUT2D eigenvalue weighted by atomic mass is 32.2. The number of sulfonamides is 1. The Kier molecular flexibility index (Phi) is 3.91. The zero-order chi connectivity index (χ0) is 15.8. The van der Waals surface area contributed by atoms with E-state index in [2.05, 4.69) is 4.72 Å². The van der Waals surface area contributed by atoms with Crippen molar-refractivity contribution in [3.8, 4) is 0 Å². The van der Waals surface area contributed by atoms with Gasteiger partial charge in [-0.3, -0.25) is 4.72 Å². The Morgan fingerprint density at radius 1 is 1.05 bits per heavy atom. The summed E-state index contributed by atoms with van der Waals surface area (Å²) in [5.41, 5.74) is 7.89. The van der Waals surface area contributed by atoms with Crippen LogP contribution in [0.1, 0.15) is 16.7 Å². The fourth-order valence-electron chi connectivity index (χ4n) is 2.41. The lowest BCUT2D eigenvalue weighted by molar-refractivity contribution is 0.597. The van der Waals surface area contributed by atoms with Crippen molar-refractivity contribution in [3.05, 3.63) is 52.8 Å². The fraction of sp³-hybridized carbons (Fsp3) is 0.200. The number of hydrogen-bond acceptors (Lipinski definition) is 3. The van der Waals surface area contributed by atoms with Crippen LogP contribution in [0.2, 0.25) is 0 Å². The summed E-state index contributed by atoms with van der Waals surface area (Å²) in [6, 6.07) is 7.30. The average Bonchev–Trinajstić information content (AvgIpc) is 2.31. The zero-order valence-corrected chi connectivity index (χ0v) is 12.9. The molecule has 0 saturated carbocycles. The van der Waals surface area contributed by atoms with Gasteiger partial charge < -0.3 is 5.73 Å². The molecule has 2 rings (SSSR count). The van der Waals surface area contributed by atoms with Gasteiger partial charge in [-0.15, -0.1) is 0 Å². The number of nitrogens with one attached hydrogen (secondary N) is 1. The van der Waals surface area contributed by atoms with E-state index in [1.165, 1.54) is 12.1 Å². The van der Waals surface area contributed by atoms with Gasteiger partial charge in [-0.25, -0.2) is 12.8 Å². The van der Waals surface area contributed by atoms with Crippen LogP contribution in [0.5, 0.6) is 0 Å². The van der Waals surface area contributed by atoms with E-state index in [0.29, 0.717) is 11.1 Å². The van der Waals surface area contributed by atoms with Crippen LogP contribution >= 0.6 is 0 Å². The molecule has 2 aromatic rings. The molecule has 6 heteroatoms. The van der Waals surface area contributed by atoms with E-state index in [-0.39, 0.29) is 16.3 Å². The molecule has 0 aliphatic carbocycles. The summed E-state index contributed by atoms with van der Waals surface area (Å²) in [5, 5.41) is 0. The van der Waals surface area contributed by atoms with Gasteiger partial charge in [-0.05, 0) is 50.1 Å². The average molecular weight is 308 g/mol. The first-order valence-corrected chi connectivity index (χ1v) is 7.85. The largest absolute Gasteiger partial charge is 0.399 e. The van der Waals surface area contributed by atoms with Crippen LogP contribution in [-0.4, -0.2) is 8.42 Å². The van der Waals surface area contributed by atoms with Crippen molar-refractivity contribution in [3.63, 3.8) is 0 Å². The number of anilines is 2. The van der Waals surface area contributed by atoms with Crippen molar-refractivity contribution < 1.29 is 12.8 Å². The van der Waals surface area contributed by atoms with Crippen molar-refractivity contribution in [2.75, 3.05) is 10.5 Å². The van der Waals surface area contributed by atoms with Crippen molar-refractivity contribution in [1.29, 1.82) is 0 Å². The number of aryl methyl sites for hydroxylation is 3. The third-order valence-corrected chi connectivity index (χ3v) is 4.78. The lowest BCUT2D eigenvalue weighted by atomic mass is 10.1. The van der Waals surface area contributed by atoms with Crippen LogP contribution in [0, 0.1) is 26.6 Å². The van der Waals surface area contributed by atoms with Crippen LogP contribution in [0.4, 0.5) is 15.8 Å². The minimum atomic E-state index is -3.88. The van der Waals surface area contributed by atoms with Gasteiger partial charge in [0.1, 0.15) is 5.82 Å². The van der Waals surface area contributed by atoms with E-state index in [0.717, 1.165) is 11.6 Å². The zero-order valence-electron chi connectivity index (χ0n) is 12.1. The van der Waals surface area contributed by atoms with Crippen LogP contribution in [0.25, 0.3) is 0 Å². The number of benzene rings is 2. The van der Waals surface area contributed by atoms with Gasteiger partial charge >= 0.3 is 0 Å². The molecule has 0 fully saturated rings. The molecule has 0 unspecified atom stereocenters. The van der Waals surface area contributed by atoms with Gasteiger partial charge in [0.05, 0.1) is 10.6 Å². The number of hydrogen-bond donors (Lipinski definition) is 2. The molecular weight excluding hydrogens is 291 g/mol. The fourth-order valence-corrected chi connectivity index (χ4v) is 3.92. The molecular formula is C15H17FN2O2S. The van der Waals surface area contributed by atoms with Gasteiger partial charge in [0.2, 0.25) is 0 Å². The molecule has 0 aliphatic heterocycles. The predicted molar refractivity (Wildman–Crippen MR) is 82.3 cm³/mol. The number of nitrogen functional groups attached to an aromatic ring is 1. The molecule has 0 bridgehead atoms. The maximum atomic E-state index is 13.7. The van der Waals surface area contributed by atoms with Gasteiger partial charge in [0.15, 0.2) is 0 Å². The molecule has 0 radical (unpaired) electrons. The predicted octanol–water partition coefficient (Wildman–Crippen LogP) is 3.13. The molecule has 0 heterocycles. The maximum Gasteiger partial charge on any atom is 0.262 e. The molecule has 112 valence electrons. The highest BCUT2D eigenvalue weighted by molar-refractivity contribution is 7.92. The maximum absolute atomic E-state index is 13.7. The molecule has 3 N–H and O–H groups in total. The normalized spacial score (nSPS) is 11.4. The SMILES string of the molecule is Cc1cc(C)c(S(=O)(=O)Nc2cc(N)ccc2F)c(C)c1. The summed E-state index contributed by atoms with van der Waals surface area (Å²) in [5.74, 6) is -0.671. The standard InChI is InChI=1S/C15H17FN2O2S/c1-9-6-10(2)15(11(3)7-9)21(19,20)18-14-8-12(17)4-5-13(14)16/h4-8,18H,17H2,1-3H3. The van der Waals surface area contributed by atoms with E-state index in [1.54, 1.807) is 26.0 Å². The number of nitrogens with two attached hydrogens (primary N) is 1. The van der Waals surface area contributed by atoms with E-state index in [9.17, 15) is 12.8 Å². The van der Waals surface area contributed by atoms with E-state index in [1.807, 2.05) is 6.92 Å².